The van der Waals surface area contributed by atoms with Crippen molar-refractivity contribution < 1.29 is 44.9 Å². The number of halogens is 1. The average molecular weight is 746 g/mol. The lowest BCUT2D eigenvalue weighted by atomic mass is 9.94. The molecule has 1 amide bonds. The fourth-order valence-electron chi connectivity index (χ4n) is 5.89. The zero-order chi connectivity index (χ0) is 36.6. The Morgan fingerprint density at radius 2 is 1.86 bits per heavy atom. The van der Waals surface area contributed by atoms with Gasteiger partial charge in [0.1, 0.15) is 5.75 Å². The summed E-state index contributed by atoms with van der Waals surface area (Å²) in [4.78, 5) is 18.9. The second-order valence-corrected chi connectivity index (χ2v) is 14.7. The summed E-state index contributed by atoms with van der Waals surface area (Å²) in [5.41, 5.74) is 3.89. The van der Waals surface area contributed by atoms with Crippen LogP contribution >= 0.6 is 23.4 Å². The summed E-state index contributed by atoms with van der Waals surface area (Å²) >= 11 is 8.12. The summed E-state index contributed by atoms with van der Waals surface area (Å²) in [6.07, 6.45) is 8.07. The first-order chi connectivity index (χ1) is 24.4. The van der Waals surface area contributed by atoms with Crippen molar-refractivity contribution in [2.24, 2.45) is 0 Å². The molecule has 0 aliphatic heterocycles. The first kappa shape index (κ1) is 39.4. The number of carbonyl (C=O) groups excluding carboxylic acids is 1. The Bertz CT molecular complexity index is 1620. The van der Waals surface area contributed by atoms with Gasteiger partial charge in [-0.15, -0.1) is 11.8 Å². The van der Waals surface area contributed by atoms with E-state index < -0.39 is 30.7 Å². The molecule has 5 rings (SSSR count). The number of aliphatic hydroxyl groups is 6. The molecule has 12 nitrogen and oxygen atoms in total. The number of hydrogen-bond donors (Lipinski definition) is 7. The smallest absolute Gasteiger partial charge is 0.360 e. The second-order valence-electron chi connectivity index (χ2n) is 13.1. The van der Waals surface area contributed by atoms with Crippen LogP contribution in [0.5, 0.6) is 5.75 Å². The van der Waals surface area contributed by atoms with Gasteiger partial charge in [-0.05, 0) is 91.3 Å². The largest absolute Gasteiger partial charge is 0.490 e. The van der Waals surface area contributed by atoms with E-state index >= 15 is 0 Å². The molecular formula is C37H48ClN3O9S. The highest BCUT2D eigenvalue weighted by molar-refractivity contribution is 7.99. The Morgan fingerprint density at radius 3 is 2.57 bits per heavy atom. The van der Waals surface area contributed by atoms with Crippen molar-refractivity contribution in [1.82, 2.24) is 15.2 Å². The molecule has 14 heteroatoms. The molecule has 2 aliphatic carbocycles. The molecule has 1 aromatic heterocycles. The number of aliphatic hydroxyl groups excluding tert-OH is 2. The number of thioether (sulfide) groups is 1. The molecule has 3 aromatic rings. The lowest BCUT2D eigenvalue weighted by molar-refractivity contribution is -0.510. The molecule has 7 N–H and O–H groups in total. The average Bonchev–Trinajstić information content (AvgIpc) is 4.06. The normalized spacial score (nSPS) is 16.2. The summed E-state index contributed by atoms with van der Waals surface area (Å²) in [5.74, 6) is -6.83. The van der Waals surface area contributed by atoms with Gasteiger partial charge in [0.25, 0.3) is 0 Å². The summed E-state index contributed by atoms with van der Waals surface area (Å²) in [6.45, 7) is 1.14. The highest BCUT2D eigenvalue weighted by Gasteiger charge is 2.56. The van der Waals surface area contributed by atoms with Gasteiger partial charge in [-0.2, -0.15) is 0 Å². The summed E-state index contributed by atoms with van der Waals surface area (Å²) in [7, 11) is 0. The fourth-order valence-corrected chi connectivity index (χ4v) is 6.97. The van der Waals surface area contributed by atoms with Crippen molar-refractivity contribution in [1.29, 1.82) is 0 Å². The molecule has 2 aromatic carbocycles. The van der Waals surface area contributed by atoms with Gasteiger partial charge in [0.05, 0.1) is 12.7 Å². The lowest BCUT2D eigenvalue weighted by Crippen LogP contribution is -2.68. The number of hydrogen-bond acceptors (Lipinski definition) is 12. The van der Waals surface area contributed by atoms with Gasteiger partial charge in [0, 0.05) is 52.9 Å². The third-order valence-corrected chi connectivity index (χ3v) is 10.5. The number of benzene rings is 2. The number of amides is 1. The van der Waals surface area contributed by atoms with Crippen LogP contribution in [0.25, 0.3) is 11.1 Å². The van der Waals surface area contributed by atoms with Gasteiger partial charge in [0.15, 0.2) is 6.29 Å². The van der Waals surface area contributed by atoms with Crippen molar-refractivity contribution in [3.05, 3.63) is 77.1 Å². The minimum Gasteiger partial charge on any atom is -0.490 e. The number of carbonyl (C=O) groups is 1. The maximum absolute atomic E-state index is 13.0. The summed E-state index contributed by atoms with van der Waals surface area (Å²) in [6, 6.07) is 15.9. The highest BCUT2D eigenvalue weighted by atomic mass is 35.5. The van der Waals surface area contributed by atoms with E-state index in [-0.39, 0.29) is 31.0 Å². The maximum atomic E-state index is 13.0. The Morgan fingerprint density at radius 1 is 1.10 bits per heavy atom. The van der Waals surface area contributed by atoms with E-state index in [1.807, 2.05) is 61.8 Å². The van der Waals surface area contributed by atoms with E-state index in [2.05, 4.69) is 21.1 Å². The molecule has 2 aliphatic rings. The summed E-state index contributed by atoms with van der Waals surface area (Å²) in [5, 5.41) is 64.9. The topological polar surface area (TPSA) is 185 Å². The van der Waals surface area contributed by atoms with Crippen LogP contribution < -0.4 is 10.1 Å². The molecule has 0 radical (unpaired) electrons. The van der Waals surface area contributed by atoms with Crippen molar-refractivity contribution in [2.45, 2.75) is 106 Å². The van der Waals surface area contributed by atoms with Gasteiger partial charge in [-0.3, -0.25) is 19.4 Å². The first-order valence-electron chi connectivity index (χ1n) is 17.4. The van der Waals surface area contributed by atoms with Gasteiger partial charge < -0.3 is 40.7 Å². The predicted molar refractivity (Wildman–Crippen MR) is 192 cm³/mol. The number of nitrogens with zero attached hydrogens (tertiary/aromatic N) is 2. The Balaban J connectivity index is 1.23. The van der Waals surface area contributed by atoms with Crippen LogP contribution in [0.15, 0.2) is 65.8 Å². The van der Waals surface area contributed by atoms with E-state index in [1.165, 1.54) is 11.8 Å². The lowest BCUT2D eigenvalue weighted by Gasteiger charge is -2.42. The number of pyridine rings is 1. The molecule has 278 valence electrons. The third-order valence-electron chi connectivity index (χ3n) is 9.08. The van der Waals surface area contributed by atoms with Crippen molar-refractivity contribution in [2.75, 3.05) is 18.9 Å². The summed E-state index contributed by atoms with van der Waals surface area (Å²) < 4.78 is 10.7. The molecular weight excluding hydrogens is 698 g/mol. The third kappa shape index (κ3) is 9.99. The van der Waals surface area contributed by atoms with Gasteiger partial charge in [-0.25, -0.2) is 0 Å². The molecule has 51 heavy (non-hydrogen) atoms. The van der Waals surface area contributed by atoms with Crippen LogP contribution in [0.3, 0.4) is 0 Å². The number of nitrogens with one attached hydrogen (secondary N) is 1. The fraction of sp³-hybridized carbons (Fsp3) is 0.514. The monoisotopic (exact) mass is 745 g/mol. The Kier molecular flexibility index (Phi) is 13.4. The molecule has 0 spiro atoms. The minimum atomic E-state index is -3.79. The molecule has 1 unspecified atom stereocenters. The van der Waals surface area contributed by atoms with E-state index in [4.69, 9.17) is 21.4 Å². The second kappa shape index (κ2) is 17.3. The number of rotatable bonds is 21. The van der Waals surface area contributed by atoms with Crippen molar-refractivity contribution in [3.8, 4) is 16.9 Å². The predicted octanol–water partition coefficient (Wildman–Crippen LogP) is 4.22. The molecule has 0 bridgehead atoms. The standard InChI is InChI=1S/C37H48ClN3O9S/c1-2-3-4-10-33(43)41(36(45,46)37(47,48)50-34(44)24-42)19-7-20-51-27-13-14-31(38)25(21-27)22-40-35(16-17-35)30-23-39-18-15-28(30)29-8-5-6-9-32(29)49-26-11-12-26/h5-6,8-9,13-15,18,21,23,26,34,40,42,44-48H,2-4,7,10-12,16-17,19-20,22,24H2,1H3. The van der Waals surface area contributed by atoms with Crippen LogP contribution in [-0.4, -0.2) is 89.6 Å². The number of ether oxygens (including phenoxy) is 2. The molecule has 2 fully saturated rings. The molecule has 1 heterocycles. The zero-order valence-corrected chi connectivity index (χ0v) is 30.3. The highest BCUT2D eigenvalue weighted by Crippen LogP contribution is 2.50. The van der Waals surface area contributed by atoms with E-state index in [9.17, 15) is 30.3 Å². The van der Waals surface area contributed by atoms with Crippen LogP contribution in [0, 0.1) is 0 Å². The quantitative estimate of drug-likeness (QED) is 0.0469. The van der Waals surface area contributed by atoms with Crippen molar-refractivity contribution >= 4 is 29.3 Å². The van der Waals surface area contributed by atoms with Crippen LogP contribution in [-0.2, 0) is 21.6 Å². The van der Waals surface area contributed by atoms with Crippen LogP contribution in [0.1, 0.15) is 75.8 Å². The number of aromatic nitrogens is 1. The first-order valence-corrected chi connectivity index (χ1v) is 18.8. The van der Waals surface area contributed by atoms with Crippen LogP contribution in [0.4, 0.5) is 0 Å². The molecule has 1 atom stereocenters. The van der Waals surface area contributed by atoms with E-state index in [1.54, 1.807) is 0 Å². The maximum Gasteiger partial charge on any atom is 0.360 e. The van der Waals surface area contributed by atoms with E-state index in [0.717, 1.165) is 65.0 Å². The number of unbranched alkanes of at least 4 members (excludes halogenated alkanes) is 2. The zero-order valence-electron chi connectivity index (χ0n) is 28.7. The Hall–Kier alpha value is -2.82. The van der Waals surface area contributed by atoms with Gasteiger partial charge >= 0.3 is 11.9 Å². The SMILES string of the molecule is CCCCCC(=O)N(CCCSc1ccc(Cl)c(CNC2(c3cnccc3-c3ccccc3OC3CC3)CC2)c1)C(O)(O)C(O)(O)OC(O)CO. The molecule has 0 saturated heterocycles. The number of para-hydroxylation sites is 1. The van der Waals surface area contributed by atoms with Crippen LogP contribution in [0.2, 0.25) is 5.02 Å². The molecule has 2 saturated carbocycles. The van der Waals surface area contributed by atoms with Crippen molar-refractivity contribution in [3.63, 3.8) is 0 Å². The van der Waals surface area contributed by atoms with Gasteiger partial charge in [-0.1, -0.05) is 49.6 Å². The Labute approximate surface area is 307 Å². The van der Waals surface area contributed by atoms with E-state index in [0.29, 0.717) is 35.1 Å². The van der Waals surface area contributed by atoms with Gasteiger partial charge in [0.2, 0.25) is 5.91 Å². The minimum absolute atomic E-state index is 0.0706.